The van der Waals surface area contributed by atoms with Gasteiger partial charge < -0.3 is 75.8 Å². The van der Waals surface area contributed by atoms with Crippen molar-refractivity contribution >= 4 is 59.7 Å². The fraction of sp³-hybridized carbons (Fsp3) is 0.744. The Hall–Kier alpha value is -5.54. The van der Waals surface area contributed by atoms with E-state index in [0.29, 0.717) is 0 Å². The Morgan fingerprint density at radius 3 is 0.800 bits per heavy atom. The molecule has 65 heavy (non-hydrogen) atoms. The zero-order chi connectivity index (χ0) is 48.9. The maximum atomic E-state index is 12.6. The summed E-state index contributed by atoms with van der Waals surface area (Å²) in [4.78, 5) is 123. The van der Waals surface area contributed by atoms with Crippen molar-refractivity contribution in [1.82, 2.24) is 0 Å². The van der Waals surface area contributed by atoms with Crippen LogP contribution < -0.4 is 0 Å². The van der Waals surface area contributed by atoms with Crippen molar-refractivity contribution in [3.63, 3.8) is 0 Å². The Kier molecular flexibility index (Phi) is 20.4. The highest BCUT2D eigenvalue weighted by Crippen LogP contribution is 2.35. The third-order valence-electron chi connectivity index (χ3n) is 9.02. The maximum Gasteiger partial charge on any atom is 0.303 e. The van der Waals surface area contributed by atoms with Crippen LogP contribution in [0.2, 0.25) is 0 Å². The zero-order valence-corrected chi connectivity index (χ0v) is 37.4. The lowest BCUT2D eigenvalue weighted by Crippen LogP contribution is -2.65. The summed E-state index contributed by atoms with van der Waals surface area (Å²) >= 11 is 0. The van der Waals surface area contributed by atoms with Crippen LogP contribution in [0.5, 0.6) is 0 Å². The molecule has 0 radical (unpaired) electrons. The Morgan fingerprint density at radius 1 is 0.308 bits per heavy atom. The molecular formula is C39H54O26. The second kappa shape index (κ2) is 24.7. The normalized spacial score (nSPS) is 32.0. The highest BCUT2D eigenvalue weighted by atomic mass is 16.8. The van der Waals surface area contributed by atoms with Gasteiger partial charge in [0, 0.05) is 76.3 Å². The molecule has 0 aromatic heterocycles. The van der Waals surface area contributed by atoms with Gasteiger partial charge >= 0.3 is 59.7 Å². The number of carbonyl (C=O) groups is 10. The summed E-state index contributed by atoms with van der Waals surface area (Å²) in [5, 5.41) is 0. The predicted octanol–water partition coefficient (Wildman–Crippen LogP) is -1.21. The number of ether oxygens (including phenoxy) is 16. The number of methoxy groups -OCH3 is 1. The summed E-state index contributed by atoms with van der Waals surface area (Å²) in [5.41, 5.74) is 0. The second-order valence-electron chi connectivity index (χ2n) is 14.5. The average molecular weight is 939 g/mol. The van der Waals surface area contributed by atoms with Gasteiger partial charge in [0.05, 0.1) is 13.2 Å². The van der Waals surface area contributed by atoms with E-state index in [1.807, 2.05) is 0 Å². The first-order valence-corrected chi connectivity index (χ1v) is 19.8. The first kappa shape index (κ1) is 53.8. The summed E-state index contributed by atoms with van der Waals surface area (Å²) in [7, 11) is 1.17. The molecular weight excluding hydrogens is 884 g/mol. The molecule has 0 bridgehead atoms. The van der Waals surface area contributed by atoms with E-state index in [9.17, 15) is 47.9 Å². The van der Waals surface area contributed by atoms with Gasteiger partial charge in [-0.15, -0.1) is 0 Å². The fourth-order valence-corrected chi connectivity index (χ4v) is 7.00. The minimum absolute atomic E-state index is 0.607. The van der Waals surface area contributed by atoms with Gasteiger partial charge in [0.15, 0.2) is 73.8 Å². The van der Waals surface area contributed by atoms with Crippen molar-refractivity contribution in [2.45, 2.75) is 161 Å². The molecule has 0 saturated carbocycles. The van der Waals surface area contributed by atoms with Crippen LogP contribution in [-0.4, -0.2) is 179 Å². The number of hydrogen-bond acceptors (Lipinski definition) is 26. The molecule has 0 aromatic carbocycles. The molecule has 26 nitrogen and oxygen atoms in total. The van der Waals surface area contributed by atoms with Crippen molar-refractivity contribution in [1.29, 1.82) is 0 Å². The SMILES string of the molecule is CO[C@@H]1O[C@H](CO[C@@H]2O[C@H](CO[C@@H]3O[C@H](COC(C)=O)[C@H](OC(C)=O)[C@H](OC(C)=O)[C@H]3OC(C)=O)[C@@H](OC(C)=O)[C@H](OC(C)=O)[C@H]2OC(C)=O)[C@@H](OC(C)=O)[C@H](OC(C)=O)[C@H]1OC(C)=O. The zero-order valence-electron chi connectivity index (χ0n) is 37.4. The second-order valence-corrected chi connectivity index (χ2v) is 14.5. The van der Waals surface area contributed by atoms with E-state index in [0.717, 1.165) is 69.2 Å². The number of carbonyl (C=O) groups excluding carboxylic acids is 10. The third-order valence-corrected chi connectivity index (χ3v) is 9.02. The molecule has 0 N–H and O–H groups in total. The number of rotatable bonds is 18. The van der Waals surface area contributed by atoms with Crippen molar-refractivity contribution in [3.8, 4) is 0 Å². The van der Waals surface area contributed by atoms with Gasteiger partial charge in [0.1, 0.15) is 24.9 Å². The summed E-state index contributed by atoms with van der Waals surface area (Å²) in [5.74, 6) is -9.09. The first-order valence-electron chi connectivity index (χ1n) is 19.8. The first-order chi connectivity index (χ1) is 30.4. The minimum atomic E-state index is -1.83. The van der Waals surface area contributed by atoms with Crippen LogP contribution in [0.3, 0.4) is 0 Å². The van der Waals surface area contributed by atoms with Crippen LogP contribution in [0.25, 0.3) is 0 Å². The molecule has 0 spiro atoms. The predicted molar refractivity (Wildman–Crippen MR) is 202 cm³/mol. The molecule has 3 aliphatic heterocycles. The van der Waals surface area contributed by atoms with E-state index in [4.69, 9.17) is 75.8 Å². The van der Waals surface area contributed by atoms with Crippen molar-refractivity contribution in [3.05, 3.63) is 0 Å². The summed E-state index contributed by atoms with van der Waals surface area (Å²) in [6.07, 6.45) is -24.3. The molecule has 0 aliphatic carbocycles. The van der Waals surface area contributed by atoms with E-state index in [2.05, 4.69) is 0 Å². The van der Waals surface area contributed by atoms with Crippen molar-refractivity contribution in [2.24, 2.45) is 0 Å². The van der Waals surface area contributed by atoms with Gasteiger partial charge in [-0.25, -0.2) is 0 Å². The number of esters is 10. The highest BCUT2D eigenvalue weighted by molar-refractivity contribution is 5.70. The lowest BCUT2D eigenvalue weighted by atomic mass is 9.96. The molecule has 26 heteroatoms. The molecule has 0 unspecified atom stereocenters. The van der Waals surface area contributed by atoms with Crippen molar-refractivity contribution < 1.29 is 124 Å². The van der Waals surface area contributed by atoms with E-state index in [-0.39, 0.29) is 0 Å². The standard InChI is InChI=1S/C39H54O26/c1-15(40)51-12-25-28(54-16(2)41)32(58-20(6)45)35(61-23(9)48)38(64-25)53-14-27-30(56-18(4)43)33(59-21(7)46)36(62-24(10)49)39(65-27)52-13-26-29(55-17(3)42)31(57-19(5)44)34(60-22(8)47)37(50-11)63-26/h25-39H,12-14H2,1-11H3/t25-,26-,27-,28+,29-,30-,31+,32+,33+,34-,35-,36-,37-,38-,39-/m1/s1. The topological polar surface area (TPSA) is 318 Å². The molecule has 15 atom stereocenters. The lowest BCUT2D eigenvalue weighted by molar-refractivity contribution is -0.344. The van der Waals surface area contributed by atoms with E-state index < -0.39 is 172 Å². The van der Waals surface area contributed by atoms with E-state index in [1.165, 1.54) is 7.11 Å². The molecule has 3 fully saturated rings. The van der Waals surface area contributed by atoms with E-state index in [1.54, 1.807) is 0 Å². The Bertz CT molecular complexity index is 1750. The van der Waals surface area contributed by atoms with Crippen LogP contribution >= 0.6 is 0 Å². The average Bonchev–Trinajstić information content (AvgIpc) is 3.16. The van der Waals surface area contributed by atoms with Crippen LogP contribution in [0.4, 0.5) is 0 Å². The lowest BCUT2D eigenvalue weighted by Gasteiger charge is -2.47. The summed E-state index contributed by atoms with van der Waals surface area (Å²) in [6.45, 7) is 8.11. The fourth-order valence-electron chi connectivity index (χ4n) is 7.00. The Balaban J connectivity index is 2.12. The van der Waals surface area contributed by atoms with Gasteiger partial charge in [-0.1, -0.05) is 0 Å². The molecule has 0 amide bonds. The molecule has 366 valence electrons. The molecule has 3 saturated heterocycles. The Labute approximate surface area is 371 Å². The van der Waals surface area contributed by atoms with Gasteiger partial charge in [-0.05, 0) is 0 Å². The molecule has 3 heterocycles. The third kappa shape index (κ3) is 16.1. The van der Waals surface area contributed by atoms with Crippen molar-refractivity contribution in [2.75, 3.05) is 26.9 Å². The van der Waals surface area contributed by atoms with Gasteiger partial charge in [-0.2, -0.15) is 0 Å². The van der Waals surface area contributed by atoms with Gasteiger partial charge in [-0.3, -0.25) is 47.9 Å². The van der Waals surface area contributed by atoms with Crippen LogP contribution in [0, 0.1) is 0 Å². The number of hydrogen-bond donors (Lipinski definition) is 0. The Morgan fingerprint density at radius 2 is 0.538 bits per heavy atom. The van der Waals surface area contributed by atoms with Crippen LogP contribution in [-0.2, 0) is 124 Å². The minimum Gasteiger partial charge on any atom is -0.463 e. The monoisotopic (exact) mass is 938 g/mol. The molecule has 3 rings (SSSR count). The summed E-state index contributed by atoms with van der Waals surface area (Å²) < 4.78 is 89.9. The highest BCUT2D eigenvalue weighted by Gasteiger charge is 2.57. The smallest absolute Gasteiger partial charge is 0.303 e. The van der Waals surface area contributed by atoms with Crippen LogP contribution in [0.15, 0.2) is 0 Å². The molecule has 3 aliphatic rings. The van der Waals surface area contributed by atoms with Gasteiger partial charge in [0.2, 0.25) is 0 Å². The maximum absolute atomic E-state index is 12.6. The van der Waals surface area contributed by atoms with E-state index >= 15 is 0 Å². The quantitative estimate of drug-likeness (QED) is 0.115. The summed E-state index contributed by atoms with van der Waals surface area (Å²) in [6, 6.07) is 0. The van der Waals surface area contributed by atoms with Crippen LogP contribution in [0.1, 0.15) is 69.2 Å². The largest absolute Gasteiger partial charge is 0.463 e. The van der Waals surface area contributed by atoms with Gasteiger partial charge in [0.25, 0.3) is 0 Å². The molecule has 0 aromatic rings.